The summed E-state index contributed by atoms with van der Waals surface area (Å²) >= 11 is 0. The van der Waals surface area contributed by atoms with Gasteiger partial charge in [0.2, 0.25) is 0 Å². The van der Waals surface area contributed by atoms with Gasteiger partial charge in [-0.2, -0.15) is 0 Å². The van der Waals surface area contributed by atoms with Gasteiger partial charge in [-0.3, -0.25) is 9.59 Å². The number of ketones is 1. The van der Waals surface area contributed by atoms with Gasteiger partial charge in [0.05, 0.1) is 6.10 Å². The number of aliphatic hydroxyl groups excluding tert-OH is 1. The molecule has 1 rings (SSSR count). The first-order valence-corrected chi connectivity index (χ1v) is 4.02. The topological polar surface area (TPSA) is 87.1 Å². The molecule has 0 amide bonds. The lowest BCUT2D eigenvalue weighted by Gasteiger charge is -2.04. The summed E-state index contributed by atoms with van der Waals surface area (Å²) in [6, 6.07) is 0. The van der Waals surface area contributed by atoms with Crippen molar-refractivity contribution < 1.29 is 24.5 Å². The van der Waals surface area contributed by atoms with Crippen molar-refractivity contribution in [3.63, 3.8) is 0 Å². The highest BCUT2D eigenvalue weighted by atomic mass is 16.6. The van der Waals surface area contributed by atoms with Gasteiger partial charge >= 0.3 is 5.97 Å². The van der Waals surface area contributed by atoms with Crippen LogP contribution in [0, 0.1) is 5.92 Å². The number of hydrogen-bond donors (Lipinski definition) is 2. The maximum Gasteiger partial charge on any atom is 0.316 e. The molecule has 4 atom stereocenters. The summed E-state index contributed by atoms with van der Waals surface area (Å²) in [5, 5.41) is 17.7. The summed E-state index contributed by atoms with van der Waals surface area (Å²) in [6.07, 6.45) is -1.90. The van der Waals surface area contributed by atoms with Gasteiger partial charge in [-0.1, -0.05) is 0 Å². The van der Waals surface area contributed by atoms with Crippen molar-refractivity contribution in [3.8, 4) is 0 Å². The summed E-state index contributed by atoms with van der Waals surface area (Å²) in [5.74, 6) is -2.78. The fraction of sp³-hybridized carbons (Fsp3) is 0.750. The minimum atomic E-state index is -1.19. The van der Waals surface area contributed by atoms with E-state index in [0.717, 1.165) is 0 Å². The van der Waals surface area contributed by atoms with Crippen LogP contribution in [0.3, 0.4) is 0 Å². The summed E-state index contributed by atoms with van der Waals surface area (Å²) in [5.41, 5.74) is 0. The third kappa shape index (κ3) is 2.05. The van der Waals surface area contributed by atoms with Crippen molar-refractivity contribution in [1.29, 1.82) is 0 Å². The monoisotopic (exact) mass is 188 g/mol. The minimum Gasteiger partial charge on any atom is -0.481 e. The van der Waals surface area contributed by atoms with Gasteiger partial charge in [-0.25, -0.2) is 0 Å². The summed E-state index contributed by atoms with van der Waals surface area (Å²) in [6.45, 7) is 2.71. The summed E-state index contributed by atoms with van der Waals surface area (Å²) < 4.78 is 4.91. The van der Waals surface area contributed by atoms with Crippen molar-refractivity contribution in [2.45, 2.75) is 32.2 Å². The van der Waals surface area contributed by atoms with E-state index in [9.17, 15) is 9.59 Å². The maximum absolute atomic E-state index is 10.9. The van der Waals surface area contributed by atoms with Crippen LogP contribution in [0.25, 0.3) is 0 Å². The lowest BCUT2D eigenvalue weighted by molar-refractivity contribution is -0.146. The molecule has 1 aliphatic rings. The largest absolute Gasteiger partial charge is 0.481 e. The van der Waals surface area contributed by atoms with Crippen LogP contribution in [0.2, 0.25) is 0 Å². The molecule has 2 N–H and O–H groups in total. The van der Waals surface area contributed by atoms with E-state index in [4.69, 9.17) is 14.9 Å². The molecule has 4 unspecified atom stereocenters. The molecule has 0 bridgehead atoms. The van der Waals surface area contributed by atoms with E-state index >= 15 is 0 Å². The highest BCUT2D eigenvalue weighted by Gasteiger charge is 2.52. The number of Topliss-reactive ketones (excluding diaryl/α,β-unsaturated/α-hetero) is 1. The molecular formula is C8H12O5. The normalized spacial score (nSPS) is 30.7. The van der Waals surface area contributed by atoms with Crippen molar-refractivity contribution in [1.82, 2.24) is 0 Å². The second-order valence-corrected chi connectivity index (χ2v) is 3.23. The van der Waals surface area contributed by atoms with Crippen molar-refractivity contribution in [2.75, 3.05) is 0 Å². The van der Waals surface area contributed by atoms with Crippen molar-refractivity contribution in [3.05, 3.63) is 0 Å². The number of carboxylic acids is 1. The van der Waals surface area contributed by atoms with E-state index in [-0.39, 0.29) is 0 Å². The molecule has 5 heteroatoms. The molecule has 5 nitrogen and oxygen atoms in total. The Balaban J connectivity index is 2.61. The molecule has 1 fully saturated rings. The zero-order chi connectivity index (χ0) is 10.2. The third-order valence-electron chi connectivity index (χ3n) is 2.07. The van der Waals surface area contributed by atoms with Gasteiger partial charge in [0.25, 0.3) is 0 Å². The maximum atomic E-state index is 10.9. The Morgan fingerprint density at radius 1 is 1.38 bits per heavy atom. The van der Waals surface area contributed by atoms with Gasteiger partial charge in [0.15, 0.2) is 0 Å². The number of rotatable bonds is 4. The quantitative estimate of drug-likeness (QED) is 0.455. The van der Waals surface area contributed by atoms with E-state index in [2.05, 4.69) is 0 Å². The molecule has 0 aromatic rings. The molecule has 0 saturated carbocycles. The molecule has 74 valence electrons. The van der Waals surface area contributed by atoms with Crippen LogP contribution in [-0.2, 0) is 14.3 Å². The molecule has 0 aromatic carbocycles. The van der Waals surface area contributed by atoms with Crippen LogP contribution < -0.4 is 0 Å². The Kier molecular flexibility index (Phi) is 2.68. The third-order valence-corrected chi connectivity index (χ3v) is 2.07. The molecule has 13 heavy (non-hydrogen) atoms. The fourth-order valence-electron chi connectivity index (χ4n) is 1.34. The van der Waals surface area contributed by atoms with E-state index < -0.39 is 36.0 Å². The standard InChI is InChI=1S/C8H12O5/c1-3(9)5(8(11)12)7-6(13-7)4(2)10/h4-7,10H,1-2H3,(H,11,12). The molecule has 0 spiro atoms. The molecule has 1 heterocycles. The Bertz CT molecular complexity index is 221. The first-order valence-electron chi connectivity index (χ1n) is 4.02. The Hall–Kier alpha value is -0.940. The Morgan fingerprint density at radius 2 is 1.92 bits per heavy atom. The molecule has 0 aromatic heterocycles. The Labute approximate surface area is 75.3 Å². The number of aliphatic hydroxyl groups is 1. The molecule has 1 saturated heterocycles. The van der Waals surface area contributed by atoms with Crippen LogP contribution in [0.5, 0.6) is 0 Å². The second kappa shape index (κ2) is 3.43. The number of carbonyl (C=O) groups is 2. The predicted molar refractivity (Wildman–Crippen MR) is 42.1 cm³/mol. The number of carboxylic acid groups (broad SMARTS) is 1. The van der Waals surface area contributed by atoms with Gasteiger partial charge < -0.3 is 14.9 Å². The number of hydrogen-bond acceptors (Lipinski definition) is 4. The number of ether oxygens (including phenoxy) is 1. The zero-order valence-corrected chi connectivity index (χ0v) is 7.43. The minimum absolute atomic E-state index is 0.444. The highest BCUT2D eigenvalue weighted by Crippen LogP contribution is 2.32. The number of aliphatic carboxylic acids is 1. The summed E-state index contributed by atoms with van der Waals surface area (Å²) in [7, 11) is 0. The Morgan fingerprint density at radius 3 is 2.15 bits per heavy atom. The second-order valence-electron chi connectivity index (χ2n) is 3.23. The smallest absolute Gasteiger partial charge is 0.316 e. The SMILES string of the molecule is CC(=O)C(C(=O)O)C1OC1C(C)O. The molecule has 0 aliphatic carbocycles. The van der Waals surface area contributed by atoms with Gasteiger partial charge in [-0.15, -0.1) is 0 Å². The highest BCUT2D eigenvalue weighted by molar-refractivity contribution is 5.98. The van der Waals surface area contributed by atoms with Crippen LogP contribution >= 0.6 is 0 Å². The predicted octanol–water partition coefficient (Wildman–Crippen LogP) is -0.576. The lowest BCUT2D eigenvalue weighted by Crippen LogP contribution is -2.30. The average Bonchev–Trinajstić information content (AvgIpc) is 2.65. The average molecular weight is 188 g/mol. The van der Waals surface area contributed by atoms with E-state index in [1.807, 2.05) is 0 Å². The van der Waals surface area contributed by atoms with E-state index in [0.29, 0.717) is 0 Å². The lowest BCUT2D eigenvalue weighted by atomic mass is 9.98. The van der Waals surface area contributed by atoms with Crippen LogP contribution in [0.1, 0.15) is 13.8 Å². The van der Waals surface area contributed by atoms with Gasteiger partial charge in [-0.05, 0) is 13.8 Å². The molecule has 1 aliphatic heterocycles. The fourth-order valence-corrected chi connectivity index (χ4v) is 1.34. The van der Waals surface area contributed by atoms with Crippen molar-refractivity contribution >= 4 is 11.8 Å². The van der Waals surface area contributed by atoms with Crippen molar-refractivity contribution in [2.24, 2.45) is 5.92 Å². The van der Waals surface area contributed by atoms with E-state index in [1.54, 1.807) is 0 Å². The van der Waals surface area contributed by atoms with Crippen LogP contribution in [0.15, 0.2) is 0 Å². The first-order chi connectivity index (χ1) is 5.95. The van der Waals surface area contributed by atoms with Gasteiger partial charge in [0.1, 0.15) is 23.9 Å². The zero-order valence-electron chi connectivity index (χ0n) is 7.43. The summed E-state index contributed by atoms with van der Waals surface area (Å²) in [4.78, 5) is 21.5. The first kappa shape index (κ1) is 10.1. The number of carbonyl (C=O) groups excluding carboxylic acids is 1. The van der Waals surface area contributed by atoms with Crippen LogP contribution in [-0.4, -0.2) is 40.3 Å². The van der Waals surface area contributed by atoms with Crippen LogP contribution in [0.4, 0.5) is 0 Å². The molecular weight excluding hydrogens is 176 g/mol. The van der Waals surface area contributed by atoms with E-state index in [1.165, 1.54) is 13.8 Å². The molecule has 0 radical (unpaired) electrons. The number of epoxide rings is 1. The van der Waals surface area contributed by atoms with Gasteiger partial charge in [0, 0.05) is 0 Å².